The predicted octanol–water partition coefficient (Wildman–Crippen LogP) is 1.95. The highest BCUT2D eigenvalue weighted by Gasteiger charge is 2.43. The highest BCUT2D eigenvalue weighted by Crippen LogP contribution is 2.36. The van der Waals surface area contributed by atoms with Gasteiger partial charge in [0.25, 0.3) is 5.91 Å². The maximum atomic E-state index is 11.5. The van der Waals surface area contributed by atoms with Crippen LogP contribution in [0, 0.1) is 0 Å². The van der Waals surface area contributed by atoms with Gasteiger partial charge in [-0.3, -0.25) is 4.79 Å². The van der Waals surface area contributed by atoms with Crippen LogP contribution in [-0.4, -0.2) is 23.9 Å². The second-order valence-corrected chi connectivity index (χ2v) is 4.33. The number of ether oxygens (including phenoxy) is 1. The summed E-state index contributed by atoms with van der Waals surface area (Å²) in [7, 11) is 0. The van der Waals surface area contributed by atoms with E-state index < -0.39 is 0 Å². The third kappa shape index (κ3) is 2.89. The summed E-state index contributed by atoms with van der Waals surface area (Å²) in [6.45, 7) is 0.0443. The van der Waals surface area contributed by atoms with E-state index in [9.17, 15) is 4.79 Å². The number of para-hydroxylation sites is 1. The lowest BCUT2D eigenvalue weighted by Crippen LogP contribution is -2.40. The highest BCUT2D eigenvalue weighted by atomic mass is 35.5. The first-order valence-electron chi connectivity index (χ1n) is 5.29. The van der Waals surface area contributed by atoms with Gasteiger partial charge in [0.2, 0.25) is 0 Å². The zero-order chi connectivity index (χ0) is 11.4. The molecule has 0 bridgehead atoms. The van der Waals surface area contributed by atoms with Crippen LogP contribution in [0.1, 0.15) is 12.8 Å². The Morgan fingerprint density at radius 1 is 1.38 bits per heavy atom. The largest absolute Gasteiger partial charge is 0.484 e. The van der Waals surface area contributed by atoms with E-state index in [1.165, 1.54) is 0 Å². The summed E-state index contributed by atoms with van der Waals surface area (Å²) in [5.41, 5.74) is -0.154. The van der Waals surface area contributed by atoms with E-state index in [0.29, 0.717) is 11.6 Å². The molecule has 2 rings (SSSR count). The molecule has 16 heavy (non-hydrogen) atoms. The molecule has 0 aliphatic heterocycles. The number of alkyl halides is 1. The molecule has 0 radical (unpaired) electrons. The number of benzene rings is 1. The molecule has 1 aliphatic rings. The molecule has 0 heterocycles. The van der Waals surface area contributed by atoms with Crippen LogP contribution in [0.4, 0.5) is 0 Å². The summed E-state index contributed by atoms with van der Waals surface area (Å²) < 4.78 is 5.33. The second kappa shape index (κ2) is 4.74. The van der Waals surface area contributed by atoms with Crippen molar-refractivity contribution in [3.63, 3.8) is 0 Å². The molecule has 0 unspecified atom stereocenters. The first kappa shape index (κ1) is 11.3. The summed E-state index contributed by atoms with van der Waals surface area (Å²) >= 11 is 5.76. The maximum absolute atomic E-state index is 11.5. The summed E-state index contributed by atoms with van der Waals surface area (Å²) in [5, 5.41) is 2.89. The van der Waals surface area contributed by atoms with Crippen molar-refractivity contribution >= 4 is 17.5 Å². The predicted molar refractivity (Wildman–Crippen MR) is 62.8 cm³/mol. The molecule has 4 heteroatoms. The fourth-order valence-electron chi connectivity index (χ4n) is 1.44. The fraction of sp³-hybridized carbons (Fsp3) is 0.417. The number of hydrogen-bond donors (Lipinski definition) is 1. The van der Waals surface area contributed by atoms with Crippen molar-refractivity contribution in [1.29, 1.82) is 0 Å². The lowest BCUT2D eigenvalue weighted by atomic mass is 10.3. The lowest BCUT2D eigenvalue weighted by molar-refractivity contribution is -0.123. The second-order valence-electron chi connectivity index (χ2n) is 4.06. The van der Waals surface area contributed by atoms with Gasteiger partial charge in [-0.2, -0.15) is 0 Å². The van der Waals surface area contributed by atoms with Crippen LogP contribution < -0.4 is 10.1 Å². The number of halogens is 1. The Balaban J connectivity index is 1.76. The van der Waals surface area contributed by atoms with Crippen molar-refractivity contribution in [1.82, 2.24) is 5.32 Å². The molecule has 1 fully saturated rings. The minimum absolute atomic E-state index is 0.0443. The smallest absolute Gasteiger partial charge is 0.258 e. The molecule has 0 saturated heterocycles. The van der Waals surface area contributed by atoms with E-state index >= 15 is 0 Å². The van der Waals surface area contributed by atoms with Crippen molar-refractivity contribution < 1.29 is 9.53 Å². The highest BCUT2D eigenvalue weighted by molar-refractivity contribution is 6.19. The molecule has 1 aliphatic carbocycles. The zero-order valence-corrected chi connectivity index (χ0v) is 9.67. The molecule has 0 spiro atoms. The maximum Gasteiger partial charge on any atom is 0.258 e. The van der Waals surface area contributed by atoms with Gasteiger partial charge in [0.05, 0.1) is 5.54 Å². The minimum Gasteiger partial charge on any atom is -0.484 e. The Kier molecular flexibility index (Phi) is 3.34. The van der Waals surface area contributed by atoms with Gasteiger partial charge < -0.3 is 10.1 Å². The van der Waals surface area contributed by atoms with Crippen LogP contribution in [0.2, 0.25) is 0 Å². The van der Waals surface area contributed by atoms with Crippen molar-refractivity contribution in [3.05, 3.63) is 30.3 Å². The minimum atomic E-state index is -0.154. The van der Waals surface area contributed by atoms with E-state index in [-0.39, 0.29) is 18.1 Å². The molecular weight excluding hydrogens is 226 g/mol. The third-order valence-electron chi connectivity index (χ3n) is 2.63. The molecular formula is C12H14ClNO2. The molecule has 1 aromatic rings. The molecule has 0 aromatic heterocycles. The summed E-state index contributed by atoms with van der Waals surface area (Å²) in [6, 6.07) is 9.28. The van der Waals surface area contributed by atoms with Crippen LogP contribution in [0.25, 0.3) is 0 Å². The molecule has 1 N–H and O–H groups in total. The molecule has 1 amide bonds. The average molecular weight is 240 g/mol. The van der Waals surface area contributed by atoms with Gasteiger partial charge in [-0.25, -0.2) is 0 Å². The Morgan fingerprint density at radius 2 is 2.06 bits per heavy atom. The number of carbonyl (C=O) groups excluding carboxylic acids is 1. The zero-order valence-electron chi connectivity index (χ0n) is 8.91. The summed E-state index contributed by atoms with van der Waals surface area (Å²) in [4.78, 5) is 11.5. The molecule has 1 saturated carbocycles. The SMILES string of the molecule is O=C(COc1ccccc1)NC1(CCl)CC1. The van der Waals surface area contributed by atoms with Crippen molar-refractivity contribution in [2.24, 2.45) is 0 Å². The number of nitrogens with one attached hydrogen (secondary N) is 1. The van der Waals surface area contributed by atoms with Crippen molar-refractivity contribution in [2.75, 3.05) is 12.5 Å². The average Bonchev–Trinajstić information content (AvgIpc) is 3.08. The van der Waals surface area contributed by atoms with E-state index in [1.807, 2.05) is 30.3 Å². The lowest BCUT2D eigenvalue weighted by Gasteiger charge is -2.14. The summed E-state index contributed by atoms with van der Waals surface area (Å²) in [5.74, 6) is 1.07. The number of amides is 1. The molecule has 86 valence electrons. The summed E-state index contributed by atoms with van der Waals surface area (Å²) in [6.07, 6.45) is 1.93. The van der Waals surface area contributed by atoms with Gasteiger partial charge in [0.15, 0.2) is 6.61 Å². The van der Waals surface area contributed by atoms with Crippen LogP contribution >= 0.6 is 11.6 Å². The van der Waals surface area contributed by atoms with E-state index in [1.54, 1.807) is 0 Å². The first-order valence-corrected chi connectivity index (χ1v) is 5.82. The quantitative estimate of drug-likeness (QED) is 0.798. The molecule has 1 aromatic carbocycles. The van der Waals surface area contributed by atoms with Gasteiger partial charge in [-0.05, 0) is 25.0 Å². The van der Waals surface area contributed by atoms with E-state index in [0.717, 1.165) is 12.8 Å². The van der Waals surface area contributed by atoms with Crippen LogP contribution in [0.15, 0.2) is 30.3 Å². The Morgan fingerprint density at radius 3 is 2.62 bits per heavy atom. The number of carbonyl (C=O) groups is 1. The number of rotatable bonds is 5. The Bertz CT molecular complexity index is 363. The van der Waals surface area contributed by atoms with E-state index in [2.05, 4.69) is 5.32 Å². The van der Waals surface area contributed by atoms with Gasteiger partial charge in [-0.1, -0.05) is 18.2 Å². The third-order valence-corrected chi connectivity index (χ3v) is 3.14. The van der Waals surface area contributed by atoms with Crippen molar-refractivity contribution in [2.45, 2.75) is 18.4 Å². The van der Waals surface area contributed by atoms with Gasteiger partial charge in [-0.15, -0.1) is 11.6 Å². The standard InChI is InChI=1S/C12H14ClNO2/c13-9-12(6-7-12)14-11(15)8-16-10-4-2-1-3-5-10/h1-5H,6-9H2,(H,14,15). The number of hydrogen-bond acceptors (Lipinski definition) is 2. The van der Waals surface area contributed by atoms with Gasteiger partial charge in [0.1, 0.15) is 5.75 Å². The molecule has 3 nitrogen and oxygen atoms in total. The van der Waals surface area contributed by atoms with Crippen LogP contribution in [0.3, 0.4) is 0 Å². The fourth-order valence-corrected chi connectivity index (χ4v) is 1.77. The Hall–Kier alpha value is -1.22. The van der Waals surface area contributed by atoms with Crippen molar-refractivity contribution in [3.8, 4) is 5.75 Å². The molecule has 0 atom stereocenters. The van der Waals surface area contributed by atoms with E-state index in [4.69, 9.17) is 16.3 Å². The monoisotopic (exact) mass is 239 g/mol. The van der Waals surface area contributed by atoms with Gasteiger partial charge >= 0.3 is 0 Å². The van der Waals surface area contributed by atoms with Gasteiger partial charge in [0, 0.05) is 5.88 Å². The normalized spacial score (nSPS) is 16.6. The van der Waals surface area contributed by atoms with Crippen LogP contribution in [0.5, 0.6) is 5.75 Å². The van der Waals surface area contributed by atoms with Crippen LogP contribution in [-0.2, 0) is 4.79 Å². The topological polar surface area (TPSA) is 38.3 Å². The first-order chi connectivity index (χ1) is 7.74. The Labute approximate surface area is 99.7 Å².